The van der Waals surface area contributed by atoms with Crippen LogP contribution in [-0.4, -0.2) is 22.3 Å². The van der Waals surface area contributed by atoms with Crippen molar-refractivity contribution in [1.82, 2.24) is 0 Å². The zero-order chi connectivity index (χ0) is 28.1. The van der Waals surface area contributed by atoms with Crippen LogP contribution in [0.4, 0.5) is 22.7 Å². The van der Waals surface area contributed by atoms with E-state index in [0.29, 0.717) is 20.1 Å². The minimum atomic E-state index is -0.432. The molecule has 0 heterocycles. The van der Waals surface area contributed by atoms with E-state index in [-0.39, 0.29) is 11.4 Å². The molecule has 0 fully saturated rings. The molecule has 4 aromatic carbocycles. The van der Waals surface area contributed by atoms with Gasteiger partial charge in [-0.05, 0) is 110 Å². The number of rotatable bonds is 8. The van der Waals surface area contributed by atoms with Crippen LogP contribution in [0.1, 0.15) is 33.4 Å². The van der Waals surface area contributed by atoms with Crippen LogP contribution in [0.15, 0.2) is 91.7 Å². The van der Waals surface area contributed by atoms with Crippen molar-refractivity contribution in [2.24, 2.45) is 9.98 Å². The summed E-state index contributed by atoms with van der Waals surface area (Å²) in [5.41, 5.74) is 7.11. The monoisotopic (exact) mass is 648 g/mol. The van der Waals surface area contributed by atoms with Gasteiger partial charge in [-0.2, -0.15) is 0 Å². The van der Waals surface area contributed by atoms with Gasteiger partial charge >= 0.3 is 0 Å². The van der Waals surface area contributed by atoms with E-state index in [1.54, 1.807) is 36.7 Å². The first-order valence-electron chi connectivity index (χ1n) is 11.8. The normalized spacial score (nSPS) is 11.4. The van der Waals surface area contributed by atoms with Gasteiger partial charge in [-0.25, -0.2) is 0 Å². The average molecular weight is 650 g/mol. The zero-order valence-electron chi connectivity index (χ0n) is 21.0. The van der Waals surface area contributed by atoms with Crippen LogP contribution < -0.4 is 0 Å². The summed E-state index contributed by atoms with van der Waals surface area (Å²) in [6.45, 7) is 3.96. The molecule has 10 heteroatoms. The Hall–Kier alpha value is -4.02. The second-order valence-corrected chi connectivity index (χ2v) is 10.6. The van der Waals surface area contributed by atoms with Crippen LogP contribution in [0.5, 0.6) is 0 Å². The molecule has 0 amide bonds. The van der Waals surface area contributed by atoms with Crippen LogP contribution in [-0.2, 0) is 6.42 Å². The molecule has 0 unspecified atom stereocenters. The summed E-state index contributed by atoms with van der Waals surface area (Å²) in [7, 11) is 0. The number of benzene rings is 4. The van der Waals surface area contributed by atoms with Crippen LogP contribution in [0.2, 0.25) is 0 Å². The third-order valence-corrected chi connectivity index (χ3v) is 7.31. The standard InChI is InChI=1S/C29H22Br2N4O4/c1-18-11-20(5-9-26(18)32-16-22-3-7-24(30)28(14-22)34(36)37)13-21-6-10-27(19(2)12-21)33-17-23-4-8-25(31)29(15-23)35(38)39/h3-12,14-17H,13H2,1-2H3. The van der Waals surface area contributed by atoms with Gasteiger partial charge in [-0.15, -0.1) is 0 Å². The average Bonchev–Trinajstić information content (AvgIpc) is 2.89. The minimum Gasteiger partial charge on any atom is -0.258 e. The Morgan fingerprint density at radius 2 is 1.08 bits per heavy atom. The van der Waals surface area contributed by atoms with Gasteiger partial charge in [0.05, 0.1) is 30.2 Å². The quantitative estimate of drug-likeness (QED) is 0.108. The Bertz CT molecular complexity index is 1530. The van der Waals surface area contributed by atoms with Crippen molar-refractivity contribution in [3.05, 3.63) is 135 Å². The Morgan fingerprint density at radius 1 is 0.667 bits per heavy atom. The summed E-state index contributed by atoms with van der Waals surface area (Å²) in [6.07, 6.45) is 3.97. The van der Waals surface area contributed by atoms with E-state index < -0.39 is 9.85 Å². The molecular formula is C29H22Br2N4O4. The molecule has 39 heavy (non-hydrogen) atoms. The summed E-state index contributed by atoms with van der Waals surface area (Å²) in [5, 5.41) is 22.3. The second kappa shape index (κ2) is 12.2. The number of halogens is 2. The summed E-state index contributed by atoms with van der Waals surface area (Å²) in [4.78, 5) is 30.5. The summed E-state index contributed by atoms with van der Waals surface area (Å²) >= 11 is 6.39. The SMILES string of the molecule is Cc1cc(Cc2ccc(N=Cc3ccc(Br)c([N+](=O)[O-])c3)c(C)c2)ccc1N=Cc1ccc(Br)c([N+](=O)[O-])c1. The Kier molecular flexibility index (Phi) is 8.78. The number of nitrogens with zero attached hydrogens (tertiary/aromatic N) is 4. The highest BCUT2D eigenvalue weighted by atomic mass is 79.9. The van der Waals surface area contributed by atoms with Gasteiger partial charge in [0.1, 0.15) is 0 Å². The number of aliphatic imine (C=N–C) groups is 2. The molecule has 8 nitrogen and oxygen atoms in total. The van der Waals surface area contributed by atoms with E-state index in [0.717, 1.165) is 40.0 Å². The molecule has 0 atom stereocenters. The molecule has 0 saturated heterocycles. The van der Waals surface area contributed by atoms with Crippen molar-refractivity contribution in [3.63, 3.8) is 0 Å². The summed E-state index contributed by atoms with van der Waals surface area (Å²) < 4.78 is 0.854. The van der Waals surface area contributed by atoms with Crippen molar-refractivity contribution >= 4 is 67.0 Å². The third kappa shape index (κ3) is 7.10. The van der Waals surface area contributed by atoms with Crippen molar-refractivity contribution in [1.29, 1.82) is 0 Å². The van der Waals surface area contributed by atoms with Crippen molar-refractivity contribution < 1.29 is 9.85 Å². The fourth-order valence-electron chi connectivity index (χ4n) is 3.97. The van der Waals surface area contributed by atoms with Crippen LogP contribution in [0.3, 0.4) is 0 Å². The first kappa shape index (κ1) is 28.0. The molecule has 0 aliphatic rings. The topological polar surface area (TPSA) is 111 Å². The predicted molar refractivity (Wildman–Crippen MR) is 161 cm³/mol. The third-order valence-electron chi connectivity index (χ3n) is 5.97. The van der Waals surface area contributed by atoms with Gasteiger partial charge in [0.25, 0.3) is 11.4 Å². The first-order chi connectivity index (χ1) is 18.6. The fourth-order valence-corrected chi connectivity index (χ4v) is 4.75. The Balaban J connectivity index is 1.46. The molecule has 4 aromatic rings. The van der Waals surface area contributed by atoms with E-state index in [4.69, 9.17) is 0 Å². The van der Waals surface area contributed by atoms with Gasteiger partial charge in [0, 0.05) is 24.6 Å². The highest BCUT2D eigenvalue weighted by molar-refractivity contribution is 9.11. The lowest BCUT2D eigenvalue weighted by Gasteiger charge is -2.08. The largest absolute Gasteiger partial charge is 0.284 e. The molecule has 0 aromatic heterocycles. The zero-order valence-corrected chi connectivity index (χ0v) is 24.1. The number of aryl methyl sites for hydroxylation is 2. The van der Waals surface area contributed by atoms with E-state index in [1.807, 2.05) is 38.1 Å². The number of hydrogen-bond donors (Lipinski definition) is 0. The molecule has 0 aliphatic carbocycles. The highest BCUT2D eigenvalue weighted by Crippen LogP contribution is 2.28. The second-order valence-electron chi connectivity index (χ2n) is 8.87. The molecule has 0 saturated carbocycles. The summed E-state index contributed by atoms with van der Waals surface area (Å²) in [6, 6.07) is 21.9. The van der Waals surface area contributed by atoms with Gasteiger partial charge in [0.15, 0.2) is 0 Å². The lowest BCUT2D eigenvalue weighted by molar-refractivity contribution is -0.385. The lowest BCUT2D eigenvalue weighted by Crippen LogP contribution is -1.92. The molecule has 0 spiro atoms. The molecule has 196 valence electrons. The maximum Gasteiger partial charge on any atom is 0.284 e. The van der Waals surface area contributed by atoms with Gasteiger partial charge in [-0.3, -0.25) is 30.2 Å². The van der Waals surface area contributed by atoms with Crippen LogP contribution in [0.25, 0.3) is 0 Å². The number of nitro groups is 2. The molecule has 0 N–H and O–H groups in total. The Morgan fingerprint density at radius 3 is 1.44 bits per heavy atom. The highest BCUT2D eigenvalue weighted by Gasteiger charge is 2.12. The van der Waals surface area contributed by atoms with Crippen molar-refractivity contribution in [2.75, 3.05) is 0 Å². The van der Waals surface area contributed by atoms with Gasteiger partial charge in [0.2, 0.25) is 0 Å². The maximum atomic E-state index is 11.2. The van der Waals surface area contributed by atoms with Crippen LogP contribution in [0, 0.1) is 34.1 Å². The maximum absolute atomic E-state index is 11.2. The lowest BCUT2D eigenvalue weighted by atomic mass is 10.0. The molecule has 0 bridgehead atoms. The molecular weight excluding hydrogens is 628 g/mol. The smallest absolute Gasteiger partial charge is 0.258 e. The van der Waals surface area contributed by atoms with Crippen molar-refractivity contribution in [3.8, 4) is 0 Å². The fraction of sp³-hybridized carbons (Fsp3) is 0.103. The minimum absolute atomic E-state index is 0.00434. The van der Waals surface area contributed by atoms with Gasteiger partial charge in [-0.1, -0.05) is 36.4 Å². The number of hydrogen-bond acceptors (Lipinski definition) is 6. The summed E-state index contributed by atoms with van der Waals surface area (Å²) in [5.74, 6) is 0. The van der Waals surface area contributed by atoms with E-state index >= 15 is 0 Å². The first-order valence-corrected chi connectivity index (χ1v) is 13.3. The van der Waals surface area contributed by atoms with Crippen molar-refractivity contribution in [2.45, 2.75) is 20.3 Å². The van der Waals surface area contributed by atoms with Crippen LogP contribution >= 0.6 is 31.9 Å². The molecule has 0 radical (unpaired) electrons. The van der Waals surface area contributed by atoms with E-state index in [2.05, 4.69) is 54.0 Å². The van der Waals surface area contributed by atoms with Gasteiger partial charge < -0.3 is 0 Å². The molecule has 4 rings (SSSR count). The van der Waals surface area contributed by atoms with E-state index in [1.165, 1.54) is 12.1 Å². The van der Waals surface area contributed by atoms with E-state index in [9.17, 15) is 20.2 Å². The number of nitro benzene ring substituents is 2. The Labute approximate surface area is 241 Å². The molecule has 0 aliphatic heterocycles. The predicted octanol–water partition coefficient (Wildman–Crippen LogP) is 8.74.